The van der Waals surface area contributed by atoms with Crippen molar-refractivity contribution in [3.05, 3.63) is 30.1 Å². The van der Waals surface area contributed by atoms with Gasteiger partial charge in [-0.1, -0.05) is 12.1 Å². The zero-order chi connectivity index (χ0) is 9.97. The second kappa shape index (κ2) is 3.59. The lowest BCUT2D eigenvalue weighted by Crippen LogP contribution is -2.04. The van der Waals surface area contributed by atoms with Gasteiger partial charge in [0.15, 0.2) is 12.4 Å². The summed E-state index contributed by atoms with van der Waals surface area (Å²) in [5, 5.41) is 0. The molecule has 0 fully saturated rings. The normalized spacial score (nSPS) is 12.9. The van der Waals surface area contributed by atoms with Crippen molar-refractivity contribution in [2.45, 2.75) is 6.10 Å². The molecule has 0 radical (unpaired) electrons. The minimum absolute atomic E-state index is 0.545. The monoisotopic (exact) mass is 190 g/mol. The molecule has 2 aromatic rings. The first-order valence-corrected chi connectivity index (χ1v) is 4.28. The minimum atomic E-state index is -0.609. The number of para-hydroxylation sites is 2. The van der Waals surface area contributed by atoms with Crippen molar-refractivity contribution in [2.24, 2.45) is 0 Å². The van der Waals surface area contributed by atoms with E-state index in [1.807, 2.05) is 24.3 Å². The number of hydrogen-bond acceptors (Lipinski definition) is 3. The van der Waals surface area contributed by atoms with Crippen LogP contribution in [-0.4, -0.2) is 23.4 Å². The van der Waals surface area contributed by atoms with Crippen molar-refractivity contribution in [1.82, 2.24) is 9.97 Å². The summed E-state index contributed by atoms with van der Waals surface area (Å²) in [4.78, 5) is 17.9. The third kappa shape index (κ3) is 1.40. The molecule has 0 saturated carbocycles. The van der Waals surface area contributed by atoms with E-state index in [9.17, 15) is 4.79 Å². The van der Waals surface area contributed by atoms with Gasteiger partial charge in [-0.3, -0.25) is 4.79 Å². The van der Waals surface area contributed by atoms with Gasteiger partial charge in [0, 0.05) is 7.11 Å². The van der Waals surface area contributed by atoms with Crippen LogP contribution in [0.5, 0.6) is 0 Å². The molecule has 1 N–H and O–H groups in total. The summed E-state index contributed by atoms with van der Waals surface area (Å²) in [6.45, 7) is 0. The lowest BCUT2D eigenvalue weighted by atomic mass is 10.3. The number of nitrogens with zero attached hydrogens (tertiary/aromatic N) is 1. The van der Waals surface area contributed by atoms with Crippen LogP contribution in [0.3, 0.4) is 0 Å². The molecule has 1 aromatic carbocycles. The number of rotatable bonds is 3. The second-order valence-electron chi connectivity index (χ2n) is 2.93. The number of methoxy groups -OCH3 is 1. The Bertz CT molecular complexity index is 417. The maximum absolute atomic E-state index is 10.6. The largest absolute Gasteiger partial charge is 0.366 e. The van der Waals surface area contributed by atoms with Gasteiger partial charge in [-0.05, 0) is 12.1 Å². The van der Waals surface area contributed by atoms with Gasteiger partial charge in [-0.2, -0.15) is 0 Å². The summed E-state index contributed by atoms with van der Waals surface area (Å²) in [5.41, 5.74) is 1.75. The fourth-order valence-corrected chi connectivity index (χ4v) is 1.34. The minimum Gasteiger partial charge on any atom is -0.366 e. The number of hydrogen-bond donors (Lipinski definition) is 1. The maximum Gasteiger partial charge on any atom is 0.170 e. The Kier molecular flexibility index (Phi) is 2.28. The molecule has 4 nitrogen and oxygen atoms in total. The number of aromatic amines is 1. The van der Waals surface area contributed by atoms with Gasteiger partial charge in [0.2, 0.25) is 0 Å². The van der Waals surface area contributed by atoms with E-state index in [-0.39, 0.29) is 0 Å². The lowest BCUT2D eigenvalue weighted by molar-refractivity contribution is -0.117. The fraction of sp³-hybridized carbons (Fsp3) is 0.200. The highest BCUT2D eigenvalue weighted by Gasteiger charge is 2.12. The third-order valence-corrected chi connectivity index (χ3v) is 2.05. The predicted octanol–water partition coefficient (Wildman–Crippen LogP) is 1.45. The van der Waals surface area contributed by atoms with E-state index >= 15 is 0 Å². The van der Waals surface area contributed by atoms with Gasteiger partial charge in [0.1, 0.15) is 5.82 Å². The van der Waals surface area contributed by atoms with E-state index in [2.05, 4.69) is 9.97 Å². The van der Waals surface area contributed by atoms with Gasteiger partial charge in [0.25, 0.3) is 0 Å². The highest BCUT2D eigenvalue weighted by atomic mass is 16.5. The lowest BCUT2D eigenvalue weighted by Gasteiger charge is -2.02. The van der Waals surface area contributed by atoms with Crippen LogP contribution in [0.1, 0.15) is 11.9 Å². The molecule has 1 unspecified atom stereocenters. The van der Waals surface area contributed by atoms with Gasteiger partial charge < -0.3 is 9.72 Å². The van der Waals surface area contributed by atoms with Crippen LogP contribution in [-0.2, 0) is 9.53 Å². The van der Waals surface area contributed by atoms with Crippen LogP contribution in [0.4, 0.5) is 0 Å². The fourth-order valence-electron chi connectivity index (χ4n) is 1.34. The topological polar surface area (TPSA) is 55.0 Å². The number of H-pyrrole nitrogens is 1. The molecule has 2 rings (SSSR count). The number of aldehydes is 1. The smallest absolute Gasteiger partial charge is 0.170 e. The molecule has 1 heterocycles. The standard InChI is InChI=1S/C10H10N2O2/c1-14-9(6-13)10-11-7-4-2-3-5-8(7)12-10/h2-6,9H,1H3,(H,11,12). The number of nitrogens with one attached hydrogen (secondary N) is 1. The van der Waals surface area contributed by atoms with Crippen molar-refractivity contribution in [3.8, 4) is 0 Å². The van der Waals surface area contributed by atoms with Crippen molar-refractivity contribution in [3.63, 3.8) is 0 Å². The van der Waals surface area contributed by atoms with E-state index in [0.29, 0.717) is 5.82 Å². The average Bonchev–Trinajstić information content (AvgIpc) is 2.63. The van der Waals surface area contributed by atoms with Gasteiger partial charge >= 0.3 is 0 Å². The maximum atomic E-state index is 10.6. The number of benzene rings is 1. The Morgan fingerprint density at radius 2 is 2.29 bits per heavy atom. The van der Waals surface area contributed by atoms with Crippen molar-refractivity contribution in [1.29, 1.82) is 0 Å². The molecule has 1 aromatic heterocycles. The van der Waals surface area contributed by atoms with Crippen LogP contribution < -0.4 is 0 Å². The SMILES string of the molecule is COC(C=O)c1nc2ccccc2[nH]1. The van der Waals surface area contributed by atoms with Crippen molar-refractivity contribution >= 4 is 17.3 Å². The van der Waals surface area contributed by atoms with Gasteiger partial charge in [0.05, 0.1) is 11.0 Å². The van der Waals surface area contributed by atoms with Gasteiger partial charge in [-0.25, -0.2) is 4.98 Å². The predicted molar refractivity (Wildman–Crippen MR) is 51.9 cm³/mol. The molecule has 72 valence electrons. The van der Waals surface area contributed by atoms with E-state index in [4.69, 9.17) is 4.74 Å². The summed E-state index contributed by atoms with van der Waals surface area (Å²) in [7, 11) is 1.48. The Hall–Kier alpha value is -1.68. The summed E-state index contributed by atoms with van der Waals surface area (Å²) < 4.78 is 4.95. The third-order valence-electron chi connectivity index (χ3n) is 2.05. The van der Waals surface area contributed by atoms with Crippen LogP contribution >= 0.6 is 0 Å². The zero-order valence-corrected chi connectivity index (χ0v) is 7.73. The summed E-state index contributed by atoms with van der Waals surface area (Å²) in [6, 6.07) is 7.60. The van der Waals surface area contributed by atoms with E-state index in [1.54, 1.807) is 0 Å². The summed E-state index contributed by atoms with van der Waals surface area (Å²) in [6.07, 6.45) is 0.111. The van der Waals surface area contributed by atoms with Crippen LogP contribution in [0, 0.1) is 0 Å². The highest BCUT2D eigenvalue weighted by molar-refractivity contribution is 5.75. The quantitative estimate of drug-likeness (QED) is 0.745. The molecule has 0 amide bonds. The van der Waals surface area contributed by atoms with Crippen LogP contribution in [0.15, 0.2) is 24.3 Å². The molecule has 0 aliphatic heterocycles. The molecule has 4 heteroatoms. The number of ether oxygens (including phenoxy) is 1. The molecular weight excluding hydrogens is 180 g/mol. The number of carbonyl (C=O) groups excluding carboxylic acids is 1. The Morgan fingerprint density at radius 1 is 1.50 bits per heavy atom. The Balaban J connectivity index is 2.48. The van der Waals surface area contributed by atoms with Crippen molar-refractivity contribution < 1.29 is 9.53 Å². The summed E-state index contributed by atoms with van der Waals surface area (Å²) >= 11 is 0. The number of carbonyl (C=O) groups is 1. The first kappa shape index (κ1) is 8.90. The molecular formula is C10H10N2O2. The first-order chi connectivity index (χ1) is 6.85. The van der Waals surface area contributed by atoms with Crippen LogP contribution in [0.2, 0.25) is 0 Å². The Morgan fingerprint density at radius 3 is 2.93 bits per heavy atom. The zero-order valence-electron chi connectivity index (χ0n) is 7.73. The van der Waals surface area contributed by atoms with E-state index in [1.165, 1.54) is 7.11 Å². The molecule has 0 bridgehead atoms. The summed E-state index contributed by atoms with van der Waals surface area (Å²) in [5.74, 6) is 0.545. The van der Waals surface area contributed by atoms with E-state index in [0.717, 1.165) is 17.3 Å². The molecule has 0 aliphatic carbocycles. The molecule has 0 aliphatic rings. The number of aromatic nitrogens is 2. The molecule has 14 heavy (non-hydrogen) atoms. The van der Waals surface area contributed by atoms with Crippen LogP contribution in [0.25, 0.3) is 11.0 Å². The molecule has 1 atom stereocenters. The number of imidazole rings is 1. The molecule has 0 spiro atoms. The molecule has 0 saturated heterocycles. The highest BCUT2D eigenvalue weighted by Crippen LogP contribution is 2.16. The first-order valence-electron chi connectivity index (χ1n) is 4.28. The second-order valence-corrected chi connectivity index (χ2v) is 2.93. The van der Waals surface area contributed by atoms with Crippen molar-refractivity contribution in [2.75, 3.05) is 7.11 Å². The Labute approximate surface area is 80.9 Å². The average molecular weight is 190 g/mol. The van der Waals surface area contributed by atoms with Gasteiger partial charge in [-0.15, -0.1) is 0 Å². The number of fused-ring (bicyclic) bond motifs is 1. The van der Waals surface area contributed by atoms with E-state index < -0.39 is 6.10 Å².